The van der Waals surface area contributed by atoms with Crippen molar-refractivity contribution in [3.05, 3.63) is 58.1 Å². The fourth-order valence-corrected chi connectivity index (χ4v) is 5.92. The number of ether oxygens (including phenoxy) is 1. The number of piperidine rings is 1. The Bertz CT molecular complexity index is 1270. The van der Waals surface area contributed by atoms with Gasteiger partial charge in [0.2, 0.25) is 10.0 Å². The Morgan fingerprint density at radius 3 is 2.46 bits per heavy atom. The van der Waals surface area contributed by atoms with Crippen LogP contribution in [0.15, 0.2) is 41.3 Å². The molecule has 1 aliphatic heterocycles. The maximum absolute atomic E-state index is 13.3. The van der Waals surface area contributed by atoms with Crippen molar-refractivity contribution in [2.24, 2.45) is 5.41 Å². The van der Waals surface area contributed by atoms with Crippen molar-refractivity contribution in [2.45, 2.75) is 70.9 Å². The van der Waals surface area contributed by atoms with Crippen LogP contribution in [0.3, 0.4) is 0 Å². The van der Waals surface area contributed by atoms with Gasteiger partial charge in [-0.1, -0.05) is 56.7 Å². The third-order valence-corrected chi connectivity index (χ3v) is 8.33. The minimum atomic E-state index is -3.64. The second-order valence-electron chi connectivity index (χ2n) is 10.0. The zero-order valence-electron chi connectivity index (χ0n) is 20.8. The van der Waals surface area contributed by atoms with Crippen LogP contribution in [0.25, 0.3) is 0 Å². The molecule has 2 aromatic carbocycles. The predicted octanol–water partition coefficient (Wildman–Crippen LogP) is 5.49. The van der Waals surface area contributed by atoms with Crippen molar-refractivity contribution in [3.8, 4) is 17.6 Å². The molecule has 1 fully saturated rings. The number of hydrogen-bond acceptors (Lipinski definition) is 4. The summed E-state index contributed by atoms with van der Waals surface area (Å²) in [5, 5.41) is 10.1. The summed E-state index contributed by atoms with van der Waals surface area (Å²) in [6, 6.07) is 9.74. The molecule has 3 rings (SSSR count). The van der Waals surface area contributed by atoms with Gasteiger partial charge in [-0.05, 0) is 62.6 Å². The largest absolute Gasteiger partial charge is 0.478 e. The minimum Gasteiger partial charge on any atom is -0.478 e. The molecule has 35 heavy (non-hydrogen) atoms. The molecule has 0 bridgehead atoms. The van der Waals surface area contributed by atoms with E-state index in [0.29, 0.717) is 28.4 Å². The minimum absolute atomic E-state index is 0.0410. The molecule has 188 valence electrons. The first-order valence-corrected chi connectivity index (χ1v) is 13.5. The second kappa shape index (κ2) is 10.6. The summed E-state index contributed by atoms with van der Waals surface area (Å²) in [7, 11) is -3.64. The van der Waals surface area contributed by atoms with Crippen molar-refractivity contribution in [1.29, 1.82) is 0 Å². The lowest BCUT2D eigenvalue weighted by atomic mass is 9.89. The molecule has 0 saturated carbocycles. The summed E-state index contributed by atoms with van der Waals surface area (Å²) in [4.78, 5) is 12.0. The van der Waals surface area contributed by atoms with E-state index in [4.69, 9.17) is 16.3 Å². The highest BCUT2D eigenvalue weighted by Crippen LogP contribution is 2.30. The van der Waals surface area contributed by atoms with Gasteiger partial charge in [0.15, 0.2) is 6.10 Å². The number of benzene rings is 2. The normalized spacial score (nSPS) is 17.8. The maximum Gasteiger partial charge on any atom is 0.345 e. The Morgan fingerprint density at radius 2 is 1.83 bits per heavy atom. The van der Waals surface area contributed by atoms with E-state index in [1.807, 2.05) is 13.8 Å². The molecule has 8 heteroatoms. The first-order valence-electron chi connectivity index (χ1n) is 11.6. The second-order valence-corrected chi connectivity index (χ2v) is 12.4. The summed E-state index contributed by atoms with van der Waals surface area (Å²) in [5.41, 5.74) is 1.16. The molecule has 2 aromatic rings. The predicted molar refractivity (Wildman–Crippen MR) is 137 cm³/mol. The third-order valence-electron chi connectivity index (χ3n) is 6.09. The lowest BCUT2D eigenvalue weighted by Gasteiger charge is -2.32. The summed E-state index contributed by atoms with van der Waals surface area (Å²) < 4.78 is 34.0. The van der Waals surface area contributed by atoms with Gasteiger partial charge in [-0.3, -0.25) is 0 Å². The van der Waals surface area contributed by atoms with E-state index < -0.39 is 27.5 Å². The Morgan fingerprint density at radius 1 is 1.14 bits per heavy atom. The molecule has 2 atom stereocenters. The fourth-order valence-electron chi connectivity index (χ4n) is 4.02. The maximum atomic E-state index is 13.3. The molecule has 6 nitrogen and oxygen atoms in total. The van der Waals surface area contributed by atoms with E-state index in [2.05, 4.69) is 11.8 Å². The van der Waals surface area contributed by atoms with Crippen LogP contribution < -0.4 is 4.74 Å². The molecule has 1 heterocycles. The number of halogens is 1. The van der Waals surface area contributed by atoms with Crippen molar-refractivity contribution >= 4 is 27.6 Å². The molecule has 0 aromatic heterocycles. The molecule has 1 saturated heterocycles. The van der Waals surface area contributed by atoms with Crippen molar-refractivity contribution in [3.63, 3.8) is 0 Å². The van der Waals surface area contributed by atoms with Crippen LogP contribution >= 0.6 is 11.6 Å². The number of rotatable bonds is 5. The molecular formula is C27H32ClNO5S. The van der Waals surface area contributed by atoms with Gasteiger partial charge in [0.1, 0.15) is 5.75 Å². The smallest absolute Gasteiger partial charge is 0.345 e. The number of carboxylic acid groups (broad SMARTS) is 1. The van der Waals surface area contributed by atoms with Gasteiger partial charge in [-0.25, -0.2) is 13.2 Å². The topological polar surface area (TPSA) is 83.9 Å². The number of carbonyl (C=O) groups is 1. The van der Waals surface area contributed by atoms with Gasteiger partial charge in [-0.15, -0.1) is 0 Å². The van der Waals surface area contributed by atoms with E-state index in [0.717, 1.165) is 24.8 Å². The van der Waals surface area contributed by atoms with Crippen LogP contribution in [0.1, 0.15) is 63.6 Å². The van der Waals surface area contributed by atoms with Gasteiger partial charge >= 0.3 is 5.97 Å². The van der Waals surface area contributed by atoms with Crippen molar-refractivity contribution in [2.75, 3.05) is 6.54 Å². The van der Waals surface area contributed by atoms with Gasteiger partial charge in [0.05, 0.1) is 10.5 Å². The lowest BCUT2D eigenvalue weighted by molar-refractivity contribution is -0.150. The zero-order chi connectivity index (χ0) is 26.0. The average Bonchev–Trinajstić information content (AvgIpc) is 2.76. The van der Waals surface area contributed by atoms with E-state index in [1.165, 1.54) is 0 Å². The highest BCUT2D eigenvalue weighted by molar-refractivity contribution is 7.89. The fraction of sp³-hybridized carbons (Fsp3) is 0.444. The van der Waals surface area contributed by atoms with Crippen LogP contribution in [0.5, 0.6) is 5.75 Å². The monoisotopic (exact) mass is 517 g/mol. The van der Waals surface area contributed by atoms with Crippen LogP contribution in [0, 0.1) is 24.2 Å². The summed E-state index contributed by atoms with van der Waals surface area (Å²) >= 11 is 6.18. The Kier molecular flexibility index (Phi) is 8.21. The van der Waals surface area contributed by atoms with Gasteiger partial charge in [0.25, 0.3) is 0 Å². The molecular weight excluding hydrogens is 486 g/mol. The Hall–Kier alpha value is -2.53. The molecule has 1 aliphatic rings. The zero-order valence-corrected chi connectivity index (χ0v) is 22.3. The number of carboxylic acids is 1. The summed E-state index contributed by atoms with van der Waals surface area (Å²) in [5.74, 6) is 5.28. The van der Waals surface area contributed by atoms with Gasteiger partial charge < -0.3 is 9.84 Å². The third kappa shape index (κ3) is 6.38. The molecule has 2 unspecified atom stereocenters. The number of aryl methyl sites for hydroxylation is 1. The first-order chi connectivity index (χ1) is 16.3. The van der Waals surface area contributed by atoms with Crippen molar-refractivity contribution < 1.29 is 23.1 Å². The standard InChI is InChI=1S/C27H32ClNO5S/c1-18-9-13-23(35(32,33)29-15-7-6-8-19(29)2)17-20(18)10-11-21-16-22(28)12-14-24(21)34-25(26(30)31)27(3,4)5/h9,12-14,16-17,19,25H,6-8,15H2,1-5H3,(H,30,31). The van der Waals surface area contributed by atoms with Crippen LogP contribution in [-0.4, -0.2) is 42.5 Å². The van der Waals surface area contributed by atoms with Gasteiger partial charge in [-0.2, -0.15) is 4.31 Å². The number of sulfonamides is 1. The summed E-state index contributed by atoms with van der Waals surface area (Å²) in [6.45, 7) is 9.66. The molecule has 0 spiro atoms. The van der Waals surface area contributed by atoms with E-state index in [9.17, 15) is 18.3 Å². The van der Waals surface area contributed by atoms with E-state index in [-0.39, 0.29) is 10.9 Å². The summed E-state index contributed by atoms with van der Waals surface area (Å²) in [6.07, 6.45) is 1.64. The number of hydrogen-bond donors (Lipinski definition) is 1. The van der Waals surface area contributed by atoms with Gasteiger partial charge in [0, 0.05) is 28.6 Å². The molecule has 0 radical (unpaired) electrons. The van der Waals surface area contributed by atoms with Crippen LogP contribution in [0.2, 0.25) is 5.02 Å². The molecule has 0 aliphatic carbocycles. The average molecular weight is 518 g/mol. The number of nitrogens with zero attached hydrogens (tertiary/aromatic N) is 1. The Labute approximate surface area is 213 Å². The Balaban J connectivity index is 1.99. The lowest BCUT2D eigenvalue weighted by Crippen LogP contribution is -2.41. The SMILES string of the molecule is Cc1ccc(S(=O)(=O)N2CCCCC2C)cc1C#Cc1cc(Cl)ccc1OC(C(=O)O)C(C)(C)C. The molecule has 1 N–H and O–H groups in total. The first kappa shape index (κ1) is 27.1. The van der Waals surface area contributed by atoms with E-state index in [1.54, 1.807) is 61.5 Å². The van der Waals surface area contributed by atoms with E-state index >= 15 is 0 Å². The number of aliphatic carboxylic acids is 1. The molecule has 0 amide bonds. The quantitative estimate of drug-likeness (QED) is 0.530. The van der Waals surface area contributed by atoms with Crippen LogP contribution in [-0.2, 0) is 14.8 Å². The highest BCUT2D eigenvalue weighted by Gasteiger charge is 2.34. The van der Waals surface area contributed by atoms with Crippen LogP contribution in [0.4, 0.5) is 0 Å². The van der Waals surface area contributed by atoms with Crippen molar-refractivity contribution in [1.82, 2.24) is 4.31 Å². The highest BCUT2D eigenvalue weighted by atomic mass is 35.5.